The molecule has 0 spiro atoms. The minimum atomic E-state index is -0.418. The molecule has 1 aliphatic heterocycles. The van der Waals surface area contributed by atoms with Gasteiger partial charge in [-0.25, -0.2) is 4.79 Å². The summed E-state index contributed by atoms with van der Waals surface area (Å²) in [7, 11) is 0. The van der Waals surface area contributed by atoms with Gasteiger partial charge in [0.2, 0.25) is 0 Å². The molecule has 2 rings (SSSR count). The Hall–Kier alpha value is -1.07. The average Bonchev–Trinajstić information content (AvgIpc) is 2.18. The standard InChI is InChI=1S/C8H10ClN3O2/c9-6-5-7(11-8(13)10-6)12-1-3-14-4-2-12/h5H,1-4H2,(H,10,11,13). The van der Waals surface area contributed by atoms with Crippen molar-refractivity contribution in [2.45, 2.75) is 0 Å². The molecule has 0 radical (unpaired) electrons. The van der Waals surface area contributed by atoms with Crippen LogP contribution in [-0.2, 0) is 4.74 Å². The molecule has 1 fully saturated rings. The van der Waals surface area contributed by atoms with Gasteiger partial charge in [0, 0.05) is 19.2 Å². The largest absolute Gasteiger partial charge is 0.378 e. The number of halogens is 1. The van der Waals surface area contributed by atoms with Crippen molar-refractivity contribution >= 4 is 17.4 Å². The second kappa shape index (κ2) is 3.98. The highest BCUT2D eigenvalue weighted by molar-refractivity contribution is 6.29. The SMILES string of the molecule is O=c1nc(N2CCOCC2)cc(Cl)[nH]1. The monoisotopic (exact) mass is 215 g/mol. The van der Waals surface area contributed by atoms with E-state index in [1.54, 1.807) is 6.07 Å². The van der Waals surface area contributed by atoms with Gasteiger partial charge in [0.15, 0.2) is 0 Å². The van der Waals surface area contributed by atoms with Gasteiger partial charge in [-0.1, -0.05) is 11.6 Å². The zero-order valence-electron chi connectivity index (χ0n) is 7.49. The number of morpholine rings is 1. The van der Waals surface area contributed by atoms with Crippen LogP contribution in [0.2, 0.25) is 5.15 Å². The van der Waals surface area contributed by atoms with Crippen molar-refractivity contribution in [3.63, 3.8) is 0 Å². The molecule has 1 saturated heterocycles. The van der Waals surface area contributed by atoms with Crippen LogP contribution in [0.4, 0.5) is 5.82 Å². The van der Waals surface area contributed by atoms with Crippen molar-refractivity contribution in [2.75, 3.05) is 31.2 Å². The predicted octanol–water partition coefficient (Wildman–Crippen LogP) is 0.260. The molecule has 5 nitrogen and oxygen atoms in total. The summed E-state index contributed by atoms with van der Waals surface area (Å²) in [6.45, 7) is 2.80. The number of aromatic nitrogens is 2. The van der Waals surface area contributed by atoms with Gasteiger partial charge >= 0.3 is 5.69 Å². The van der Waals surface area contributed by atoms with Crippen molar-refractivity contribution in [3.8, 4) is 0 Å². The Morgan fingerprint density at radius 2 is 2.21 bits per heavy atom. The van der Waals surface area contributed by atoms with Gasteiger partial charge in [0.25, 0.3) is 0 Å². The van der Waals surface area contributed by atoms with Gasteiger partial charge in [0.1, 0.15) is 11.0 Å². The van der Waals surface area contributed by atoms with E-state index < -0.39 is 5.69 Å². The Balaban J connectivity index is 2.26. The lowest BCUT2D eigenvalue weighted by molar-refractivity contribution is 0.122. The van der Waals surface area contributed by atoms with Crippen LogP contribution in [0.15, 0.2) is 10.9 Å². The number of aromatic amines is 1. The van der Waals surface area contributed by atoms with Crippen molar-refractivity contribution in [1.29, 1.82) is 0 Å². The van der Waals surface area contributed by atoms with Crippen LogP contribution in [0.3, 0.4) is 0 Å². The molecule has 0 aliphatic carbocycles. The van der Waals surface area contributed by atoms with Gasteiger partial charge in [0.05, 0.1) is 13.2 Å². The average molecular weight is 216 g/mol. The minimum Gasteiger partial charge on any atom is -0.378 e. The third-order valence-corrected chi connectivity index (χ3v) is 2.24. The molecule has 0 saturated carbocycles. The Morgan fingerprint density at radius 1 is 1.50 bits per heavy atom. The van der Waals surface area contributed by atoms with E-state index in [1.165, 1.54) is 0 Å². The predicted molar refractivity (Wildman–Crippen MR) is 52.9 cm³/mol. The molecule has 0 atom stereocenters. The lowest BCUT2D eigenvalue weighted by atomic mass is 10.4. The van der Waals surface area contributed by atoms with E-state index in [0.29, 0.717) is 24.2 Å². The maximum Gasteiger partial charge on any atom is 0.348 e. The minimum absolute atomic E-state index is 0.312. The molecule has 0 unspecified atom stereocenters. The van der Waals surface area contributed by atoms with Gasteiger partial charge in [-0.15, -0.1) is 0 Å². The molecule has 76 valence electrons. The number of H-pyrrole nitrogens is 1. The molecule has 0 aromatic carbocycles. The van der Waals surface area contributed by atoms with Crippen LogP contribution < -0.4 is 10.6 Å². The summed E-state index contributed by atoms with van der Waals surface area (Å²) in [5, 5.41) is 0.312. The van der Waals surface area contributed by atoms with E-state index in [1.807, 2.05) is 4.90 Å². The van der Waals surface area contributed by atoms with Crippen LogP contribution in [-0.4, -0.2) is 36.3 Å². The molecule has 6 heteroatoms. The van der Waals surface area contributed by atoms with Crippen LogP contribution >= 0.6 is 11.6 Å². The quantitative estimate of drug-likeness (QED) is 0.683. The maximum absolute atomic E-state index is 11.0. The Labute approximate surface area is 85.7 Å². The number of anilines is 1. The number of nitrogens with one attached hydrogen (secondary N) is 1. The highest BCUT2D eigenvalue weighted by atomic mass is 35.5. The summed E-state index contributed by atoms with van der Waals surface area (Å²) in [5.74, 6) is 0.613. The van der Waals surface area contributed by atoms with Crippen molar-refractivity contribution in [2.24, 2.45) is 0 Å². The van der Waals surface area contributed by atoms with Crippen molar-refractivity contribution in [1.82, 2.24) is 9.97 Å². The Morgan fingerprint density at radius 3 is 2.86 bits per heavy atom. The molecule has 1 aromatic heterocycles. The highest BCUT2D eigenvalue weighted by Crippen LogP contribution is 2.13. The molecule has 2 heterocycles. The second-order valence-electron chi connectivity index (χ2n) is 2.99. The Bertz CT molecular complexity index is 373. The fourth-order valence-electron chi connectivity index (χ4n) is 1.37. The van der Waals surface area contributed by atoms with Crippen LogP contribution in [0.5, 0.6) is 0 Å². The molecule has 14 heavy (non-hydrogen) atoms. The molecule has 0 amide bonds. The fourth-order valence-corrected chi connectivity index (χ4v) is 1.55. The molecule has 1 N–H and O–H groups in total. The zero-order valence-corrected chi connectivity index (χ0v) is 8.25. The summed E-state index contributed by atoms with van der Waals surface area (Å²) in [4.78, 5) is 19.2. The number of hydrogen-bond donors (Lipinski definition) is 1. The van der Waals surface area contributed by atoms with E-state index >= 15 is 0 Å². The molecule has 0 bridgehead atoms. The van der Waals surface area contributed by atoms with E-state index in [-0.39, 0.29) is 0 Å². The van der Waals surface area contributed by atoms with Gasteiger partial charge in [-0.2, -0.15) is 4.98 Å². The normalized spacial score (nSPS) is 17.1. The number of nitrogens with zero attached hydrogens (tertiary/aromatic N) is 2. The maximum atomic E-state index is 11.0. The molecule has 1 aromatic rings. The van der Waals surface area contributed by atoms with Gasteiger partial charge in [-0.05, 0) is 0 Å². The second-order valence-corrected chi connectivity index (χ2v) is 3.40. The zero-order chi connectivity index (χ0) is 9.97. The molecular formula is C8H10ClN3O2. The first-order valence-corrected chi connectivity index (χ1v) is 4.73. The third-order valence-electron chi connectivity index (χ3n) is 2.03. The van der Waals surface area contributed by atoms with Crippen LogP contribution in [0.25, 0.3) is 0 Å². The summed E-state index contributed by atoms with van der Waals surface area (Å²) in [6, 6.07) is 1.65. The van der Waals surface area contributed by atoms with E-state index in [9.17, 15) is 4.79 Å². The summed E-state index contributed by atoms with van der Waals surface area (Å²) in [6.07, 6.45) is 0. The van der Waals surface area contributed by atoms with Gasteiger partial charge < -0.3 is 9.64 Å². The Kier molecular flexibility index (Phi) is 2.69. The number of rotatable bonds is 1. The summed E-state index contributed by atoms with van der Waals surface area (Å²) >= 11 is 5.72. The van der Waals surface area contributed by atoms with E-state index in [2.05, 4.69) is 9.97 Å². The number of hydrogen-bond acceptors (Lipinski definition) is 4. The smallest absolute Gasteiger partial charge is 0.348 e. The molecular weight excluding hydrogens is 206 g/mol. The van der Waals surface area contributed by atoms with Gasteiger partial charge in [-0.3, -0.25) is 4.98 Å². The van der Waals surface area contributed by atoms with Crippen LogP contribution in [0.1, 0.15) is 0 Å². The third kappa shape index (κ3) is 2.05. The first kappa shape index (κ1) is 9.48. The van der Waals surface area contributed by atoms with Crippen LogP contribution in [0, 0.1) is 0 Å². The summed E-state index contributed by atoms with van der Waals surface area (Å²) < 4.78 is 5.19. The first-order chi connectivity index (χ1) is 6.75. The summed E-state index contributed by atoms with van der Waals surface area (Å²) in [5.41, 5.74) is -0.418. The molecule has 1 aliphatic rings. The van der Waals surface area contributed by atoms with Crippen molar-refractivity contribution in [3.05, 3.63) is 21.7 Å². The van der Waals surface area contributed by atoms with Crippen molar-refractivity contribution < 1.29 is 4.74 Å². The highest BCUT2D eigenvalue weighted by Gasteiger charge is 2.13. The van der Waals surface area contributed by atoms with E-state index in [4.69, 9.17) is 16.3 Å². The fraction of sp³-hybridized carbons (Fsp3) is 0.500. The topological polar surface area (TPSA) is 58.2 Å². The lowest BCUT2D eigenvalue weighted by Gasteiger charge is -2.27. The first-order valence-electron chi connectivity index (χ1n) is 4.35. The van der Waals surface area contributed by atoms with E-state index in [0.717, 1.165) is 13.1 Å². The number of ether oxygens (including phenoxy) is 1. The lowest BCUT2D eigenvalue weighted by Crippen LogP contribution is -2.37.